The van der Waals surface area contributed by atoms with E-state index in [1.165, 1.54) is 0 Å². The molecule has 11 heavy (non-hydrogen) atoms. The highest BCUT2D eigenvalue weighted by molar-refractivity contribution is 5.80. The zero-order chi connectivity index (χ0) is 8.69. The largest absolute Gasteiger partial charge is 0.305 e. The van der Waals surface area contributed by atoms with Crippen LogP contribution in [0.4, 0.5) is 0 Å². The van der Waals surface area contributed by atoms with E-state index in [0.29, 0.717) is 13.0 Å². The Morgan fingerprint density at radius 2 is 2.45 bits per heavy atom. The molecule has 1 atom stereocenters. The van der Waals surface area contributed by atoms with Crippen LogP contribution in [0.2, 0.25) is 0 Å². The van der Waals surface area contributed by atoms with Crippen molar-refractivity contribution in [3.8, 4) is 6.07 Å². The minimum atomic E-state index is -0.339. The van der Waals surface area contributed by atoms with Gasteiger partial charge < -0.3 is 5.32 Å². The molecule has 1 amide bonds. The van der Waals surface area contributed by atoms with Crippen molar-refractivity contribution in [1.29, 1.82) is 5.26 Å². The van der Waals surface area contributed by atoms with Crippen LogP contribution in [0.25, 0.3) is 0 Å². The molecule has 0 heterocycles. The molecule has 0 aliphatic heterocycles. The fourth-order valence-electron chi connectivity index (χ4n) is 0.562. The number of hydrogen-bond donors (Lipinski definition) is 3. The van der Waals surface area contributed by atoms with Crippen molar-refractivity contribution >= 4 is 5.91 Å². The monoisotopic (exact) mass is 156 g/mol. The van der Waals surface area contributed by atoms with Crippen LogP contribution >= 0.6 is 0 Å². The topological polar surface area (TPSA) is 90.9 Å². The van der Waals surface area contributed by atoms with Gasteiger partial charge >= 0.3 is 0 Å². The maximum Gasteiger partial charge on any atom is 0.250 e. The van der Waals surface area contributed by atoms with Gasteiger partial charge in [-0.05, 0) is 6.92 Å². The second-order valence-corrected chi connectivity index (χ2v) is 2.09. The zero-order valence-corrected chi connectivity index (χ0v) is 6.42. The number of nitrogens with one attached hydrogen (secondary N) is 2. The summed E-state index contributed by atoms with van der Waals surface area (Å²) in [7, 11) is 0. The Morgan fingerprint density at radius 3 is 2.91 bits per heavy atom. The predicted octanol–water partition coefficient (Wildman–Crippen LogP) is -1.13. The van der Waals surface area contributed by atoms with E-state index in [1.807, 2.05) is 11.5 Å². The average molecular weight is 156 g/mol. The molecule has 0 aliphatic rings. The van der Waals surface area contributed by atoms with E-state index in [0.717, 1.165) is 0 Å². The van der Waals surface area contributed by atoms with Crippen molar-refractivity contribution in [2.45, 2.75) is 19.4 Å². The standard InChI is InChI=1S/C6H12N4O/c1-5(6(11)10-8)9-4-2-3-7/h5,9H,2,4,8H2,1H3,(H,10,11)/t5-/m0/s1. The molecule has 0 saturated heterocycles. The van der Waals surface area contributed by atoms with Crippen LogP contribution in [0.1, 0.15) is 13.3 Å². The summed E-state index contributed by atoms with van der Waals surface area (Å²) in [6.45, 7) is 2.19. The van der Waals surface area contributed by atoms with E-state index in [1.54, 1.807) is 6.92 Å². The van der Waals surface area contributed by atoms with Crippen molar-refractivity contribution in [3.63, 3.8) is 0 Å². The number of carbonyl (C=O) groups is 1. The van der Waals surface area contributed by atoms with Crippen molar-refractivity contribution in [2.75, 3.05) is 6.54 Å². The van der Waals surface area contributed by atoms with Gasteiger partial charge in [0.1, 0.15) is 0 Å². The maximum absolute atomic E-state index is 10.7. The van der Waals surface area contributed by atoms with Crippen LogP contribution in [0.15, 0.2) is 0 Å². The molecule has 0 rings (SSSR count). The molecule has 0 radical (unpaired) electrons. The first-order valence-electron chi connectivity index (χ1n) is 3.33. The third-order valence-corrected chi connectivity index (χ3v) is 1.22. The minimum absolute atomic E-state index is 0.275. The number of amides is 1. The molecule has 0 aromatic heterocycles. The van der Waals surface area contributed by atoms with Gasteiger partial charge in [-0.2, -0.15) is 5.26 Å². The van der Waals surface area contributed by atoms with Crippen LogP contribution in [-0.2, 0) is 4.79 Å². The van der Waals surface area contributed by atoms with E-state index >= 15 is 0 Å². The Labute approximate surface area is 65.5 Å². The highest BCUT2D eigenvalue weighted by Crippen LogP contribution is 1.80. The maximum atomic E-state index is 10.7. The molecule has 0 unspecified atom stereocenters. The van der Waals surface area contributed by atoms with E-state index in [2.05, 4.69) is 5.32 Å². The normalized spacial score (nSPS) is 11.7. The molecule has 0 fully saturated rings. The molecule has 4 N–H and O–H groups in total. The Kier molecular flexibility index (Phi) is 5.07. The van der Waals surface area contributed by atoms with Gasteiger partial charge in [0.05, 0.1) is 12.1 Å². The third-order valence-electron chi connectivity index (χ3n) is 1.22. The highest BCUT2D eigenvalue weighted by atomic mass is 16.2. The van der Waals surface area contributed by atoms with Gasteiger partial charge in [-0.25, -0.2) is 5.84 Å². The molecule has 0 aromatic carbocycles. The summed E-state index contributed by atoms with van der Waals surface area (Å²) < 4.78 is 0. The van der Waals surface area contributed by atoms with Gasteiger partial charge in [0.2, 0.25) is 0 Å². The number of rotatable bonds is 4. The van der Waals surface area contributed by atoms with Crippen molar-refractivity contribution in [1.82, 2.24) is 10.7 Å². The molecular formula is C6H12N4O. The molecule has 5 heteroatoms. The van der Waals surface area contributed by atoms with Crippen LogP contribution < -0.4 is 16.6 Å². The SMILES string of the molecule is C[C@H](NCCC#N)C(=O)NN. The number of hydrogen-bond acceptors (Lipinski definition) is 4. The fraction of sp³-hybridized carbons (Fsp3) is 0.667. The average Bonchev–Trinajstić information content (AvgIpc) is 2.03. The molecule has 0 aromatic rings. The summed E-state index contributed by atoms with van der Waals surface area (Å²) in [6, 6.07) is 1.62. The van der Waals surface area contributed by atoms with Crippen molar-refractivity contribution in [2.24, 2.45) is 5.84 Å². The minimum Gasteiger partial charge on any atom is -0.305 e. The van der Waals surface area contributed by atoms with Crippen LogP contribution in [0, 0.1) is 11.3 Å². The van der Waals surface area contributed by atoms with Gasteiger partial charge in [-0.1, -0.05) is 0 Å². The number of carbonyl (C=O) groups excluding carboxylic acids is 1. The Hall–Kier alpha value is -1.12. The molecule has 0 bridgehead atoms. The first-order valence-corrected chi connectivity index (χ1v) is 3.33. The van der Waals surface area contributed by atoms with Crippen molar-refractivity contribution < 1.29 is 4.79 Å². The summed E-state index contributed by atoms with van der Waals surface area (Å²) in [5.41, 5.74) is 2.01. The van der Waals surface area contributed by atoms with E-state index < -0.39 is 0 Å². The van der Waals surface area contributed by atoms with Crippen LogP contribution in [-0.4, -0.2) is 18.5 Å². The van der Waals surface area contributed by atoms with Gasteiger partial charge in [0, 0.05) is 13.0 Å². The quantitative estimate of drug-likeness (QED) is 0.208. The highest BCUT2D eigenvalue weighted by Gasteiger charge is 2.08. The lowest BCUT2D eigenvalue weighted by Gasteiger charge is -2.09. The van der Waals surface area contributed by atoms with Crippen LogP contribution in [0.3, 0.4) is 0 Å². The van der Waals surface area contributed by atoms with Gasteiger partial charge in [-0.3, -0.25) is 10.2 Å². The number of hydrazine groups is 1. The summed E-state index contributed by atoms with van der Waals surface area (Å²) in [6.07, 6.45) is 0.391. The Balaban J connectivity index is 3.45. The van der Waals surface area contributed by atoms with Gasteiger partial charge in [0.25, 0.3) is 5.91 Å². The lowest BCUT2D eigenvalue weighted by molar-refractivity contribution is -0.122. The van der Waals surface area contributed by atoms with E-state index in [9.17, 15) is 4.79 Å². The second-order valence-electron chi connectivity index (χ2n) is 2.09. The molecule has 0 spiro atoms. The van der Waals surface area contributed by atoms with E-state index in [4.69, 9.17) is 11.1 Å². The number of nitrogens with zero attached hydrogens (tertiary/aromatic N) is 1. The third kappa shape index (κ3) is 4.31. The molecule has 5 nitrogen and oxygen atoms in total. The number of nitrogens with two attached hydrogens (primary N) is 1. The van der Waals surface area contributed by atoms with Crippen molar-refractivity contribution in [3.05, 3.63) is 0 Å². The summed E-state index contributed by atoms with van der Waals surface area (Å²) in [5.74, 6) is 4.60. The van der Waals surface area contributed by atoms with Gasteiger partial charge in [-0.15, -0.1) is 0 Å². The summed E-state index contributed by atoms with van der Waals surface area (Å²) in [4.78, 5) is 10.7. The molecule has 0 saturated carbocycles. The Morgan fingerprint density at radius 1 is 1.82 bits per heavy atom. The molecule has 62 valence electrons. The molecular weight excluding hydrogens is 144 g/mol. The first kappa shape index (κ1) is 9.88. The number of nitriles is 1. The lowest BCUT2D eigenvalue weighted by Crippen LogP contribution is -2.45. The smallest absolute Gasteiger partial charge is 0.250 e. The van der Waals surface area contributed by atoms with Gasteiger partial charge in [0.15, 0.2) is 0 Å². The Bertz CT molecular complexity index is 162. The lowest BCUT2D eigenvalue weighted by atomic mass is 10.3. The zero-order valence-electron chi connectivity index (χ0n) is 6.42. The van der Waals surface area contributed by atoms with Crippen LogP contribution in [0.5, 0.6) is 0 Å². The summed E-state index contributed by atoms with van der Waals surface area (Å²) >= 11 is 0. The first-order chi connectivity index (χ1) is 5.22. The predicted molar refractivity (Wildman–Crippen MR) is 40.0 cm³/mol. The summed E-state index contributed by atoms with van der Waals surface area (Å²) in [5, 5.41) is 11.0. The second kappa shape index (κ2) is 5.65. The van der Waals surface area contributed by atoms with E-state index in [-0.39, 0.29) is 11.9 Å². The molecule has 0 aliphatic carbocycles. The fourth-order valence-corrected chi connectivity index (χ4v) is 0.562.